The van der Waals surface area contributed by atoms with Crippen molar-refractivity contribution in [3.8, 4) is 34.5 Å². The molecule has 35 heavy (non-hydrogen) atoms. The van der Waals surface area contributed by atoms with E-state index in [1.54, 1.807) is 0 Å². The topological polar surface area (TPSA) is 55.4 Å². The summed E-state index contributed by atoms with van der Waals surface area (Å²) in [6, 6.07) is 15.4. The molecule has 0 radical (unpaired) electrons. The molecule has 3 aromatic rings. The largest absolute Gasteiger partial charge is 1.00 e. The molecule has 0 aliphatic carbocycles. The quantitative estimate of drug-likeness (QED) is 0.458. The van der Waals surface area contributed by atoms with Gasteiger partial charge in [0.05, 0.1) is 12.1 Å². The van der Waals surface area contributed by atoms with E-state index in [0.717, 1.165) is 71.5 Å². The highest BCUT2D eigenvalue weighted by Gasteiger charge is 2.48. The molecule has 5 aliphatic rings. The molecule has 2 atom stereocenters. The van der Waals surface area contributed by atoms with Gasteiger partial charge in [-0.25, -0.2) is 0 Å². The predicted molar refractivity (Wildman–Crippen MR) is 120 cm³/mol. The van der Waals surface area contributed by atoms with Crippen molar-refractivity contribution in [3.63, 3.8) is 0 Å². The van der Waals surface area contributed by atoms with Crippen LogP contribution in [0.4, 0.5) is 0 Å². The number of fused-ring (bicyclic) bond motifs is 8. The first kappa shape index (κ1) is 21.2. The second kappa shape index (κ2) is 7.70. The van der Waals surface area contributed by atoms with E-state index in [2.05, 4.69) is 36.4 Å². The van der Waals surface area contributed by atoms with Crippen molar-refractivity contribution >= 4 is 0 Å². The molecule has 8 rings (SSSR count). The Labute approximate surface area is 213 Å². The highest BCUT2D eigenvalue weighted by molar-refractivity contribution is 5.55. The molecule has 8 heteroatoms. The Morgan fingerprint density at radius 2 is 1.43 bits per heavy atom. The molecule has 180 valence electrons. The Kier molecular flexibility index (Phi) is 4.66. The molecule has 0 saturated carbocycles. The minimum absolute atomic E-state index is 0. The number of ether oxygens (including phenoxy) is 6. The van der Waals surface area contributed by atoms with Crippen LogP contribution in [0.1, 0.15) is 33.9 Å². The third-order valence-corrected chi connectivity index (χ3v) is 8.04. The summed E-state index contributed by atoms with van der Waals surface area (Å²) in [6.07, 6.45) is 1.94. The summed E-state index contributed by atoms with van der Waals surface area (Å²) in [4.78, 5) is 0. The second-order valence-electron chi connectivity index (χ2n) is 9.76. The fourth-order valence-electron chi connectivity index (χ4n) is 6.42. The summed E-state index contributed by atoms with van der Waals surface area (Å²) >= 11 is 0. The van der Waals surface area contributed by atoms with Crippen molar-refractivity contribution in [3.05, 3.63) is 70.3 Å². The van der Waals surface area contributed by atoms with Gasteiger partial charge in [-0.3, -0.25) is 0 Å². The van der Waals surface area contributed by atoms with E-state index >= 15 is 0 Å². The molecule has 0 amide bonds. The van der Waals surface area contributed by atoms with Gasteiger partial charge in [0.2, 0.25) is 20.4 Å². The first-order valence-electron chi connectivity index (χ1n) is 11.8. The molecule has 5 aliphatic heterocycles. The van der Waals surface area contributed by atoms with E-state index in [9.17, 15) is 0 Å². The minimum Gasteiger partial charge on any atom is -1.00 e. The maximum Gasteiger partial charge on any atom is 0.231 e. The van der Waals surface area contributed by atoms with E-state index in [0.29, 0.717) is 26.4 Å². The first-order valence-corrected chi connectivity index (χ1v) is 11.8. The molecule has 0 fully saturated rings. The molecule has 3 aromatic carbocycles. The van der Waals surface area contributed by atoms with Gasteiger partial charge in [0.1, 0.15) is 19.1 Å². The summed E-state index contributed by atoms with van der Waals surface area (Å²) in [5.41, 5.74) is 6.64. The van der Waals surface area contributed by atoms with Crippen LogP contribution in [0.2, 0.25) is 0 Å². The normalized spacial score (nSPS) is 23.7. The SMILES string of the molecule is [Br-].c1cc2c(cc1C[N+]13CCc4cc5c(cc4C1Cc1ccc4c(c1C3)OCO4)OCO5)OCO2. The van der Waals surface area contributed by atoms with Gasteiger partial charge in [-0.15, -0.1) is 0 Å². The maximum absolute atomic E-state index is 5.96. The summed E-state index contributed by atoms with van der Waals surface area (Å²) in [5, 5.41) is 0. The first-order chi connectivity index (χ1) is 16.8. The molecule has 0 N–H and O–H groups in total. The summed E-state index contributed by atoms with van der Waals surface area (Å²) in [7, 11) is 0. The number of halogens is 1. The van der Waals surface area contributed by atoms with Gasteiger partial charge in [0.15, 0.2) is 34.5 Å². The molecule has 2 unspecified atom stereocenters. The number of benzene rings is 3. The molecular formula is C27H24BrNO6. The summed E-state index contributed by atoms with van der Waals surface area (Å²) in [6.45, 7) is 3.72. The Balaban J connectivity index is 0.00000210. The maximum atomic E-state index is 5.96. The molecule has 0 aromatic heterocycles. The van der Waals surface area contributed by atoms with Crippen molar-refractivity contribution < 1.29 is 49.9 Å². The van der Waals surface area contributed by atoms with Gasteiger partial charge >= 0.3 is 0 Å². The lowest BCUT2D eigenvalue weighted by Gasteiger charge is -2.51. The zero-order valence-electron chi connectivity index (χ0n) is 19.1. The monoisotopic (exact) mass is 537 g/mol. The van der Waals surface area contributed by atoms with E-state index in [-0.39, 0.29) is 17.0 Å². The highest BCUT2D eigenvalue weighted by Crippen LogP contribution is 2.52. The van der Waals surface area contributed by atoms with Gasteiger partial charge in [-0.05, 0) is 47.5 Å². The van der Waals surface area contributed by atoms with Gasteiger partial charge in [-0.2, -0.15) is 0 Å². The van der Waals surface area contributed by atoms with Crippen LogP contribution in [0, 0.1) is 0 Å². The Bertz CT molecular complexity index is 1360. The third-order valence-electron chi connectivity index (χ3n) is 8.04. The van der Waals surface area contributed by atoms with Gasteiger partial charge in [0.25, 0.3) is 0 Å². The van der Waals surface area contributed by atoms with Crippen molar-refractivity contribution in [2.24, 2.45) is 0 Å². The van der Waals surface area contributed by atoms with Crippen molar-refractivity contribution in [2.75, 3.05) is 26.9 Å². The zero-order valence-corrected chi connectivity index (χ0v) is 20.6. The minimum atomic E-state index is 0. The Morgan fingerprint density at radius 3 is 2.31 bits per heavy atom. The van der Waals surface area contributed by atoms with Crippen LogP contribution < -0.4 is 45.4 Å². The molecule has 0 saturated heterocycles. The van der Waals surface area contributed by atoms with Crippen LogP contribution in [0.3, 0.4) is 0 Å². The highest BCUT2D eigenvalue weighted by atomic mass is 79.9. The lowest BCUT2D eigenvalue weighted by molar-refractivity contribution is -0.985. The zero-order chi connectivity index (χ0) is 22.3. The van der Waals surface area contributed by atoms with E-state index in [1.807, 2.05) is 6.07 Å². The second-order valence-corrected chi connectivity index (χ2v) is 9.76. The number of rotatable bonds is 2. The molecule has 7 nitrogen and oxygen atoms in total. The van der Waals surface area contributed by atoms with E-state index in [4.69, 9.17) is 28.4 Å². The molecule has 5 heterocycles. The fraction of sp³-hybridized carbons (Fsp3) is 0.333. The van der Waals surface area contributed by atoms with E-state index in [1.165, 1.54) is 27.8 Å². The summed E-state index contributed by atoms with van der Waals surface area (Å²) in [5.74, 6) is 5.18. The lowest BCUT2D eigenvalue weighted by atomic mass is 9.80. The van der Waals surface area contributed by atoms with Crippen molar-refractivity contribution in [1.82, 2.24) is 0 Å². The summed E-state index contributed by atoms with van der Waals surface area (Å²) < 4.78 is 35.3. The van der Waals surface area contributed by atoms with Crippen LogP contribution in [-0.2, 0) is 25.9 Å². The van der Waals surface area contributed by atoms with Gasteiger partial charge < -0.3 is 49.9 Å². The predicted octanol–water partition coefficient (Wildman–Crippen LogP) is 1.25. The number of quaternary nitrogens is 1. The standard InChI is InChI=1S/C27H24NO6.BrH/c1-3-22-24(31-13-29-22)7-16(1)11-28-6-5-18-9-25-26(33-14-32-25)10-19(18)21(28)8-17-2-4-23-27(20(17)12-28)34-15-30-23;/h1-4,7,9-10,21H,5-6,8,11-15H2;1H/q+1;/p-1. The van der Waals surface area contributed by atoms with Crippen LogP contribution in [0.25, 0.3) is 0 Å². The molecule has 0 spiro atoms. The number of hydrogen-bond donors (Lipinski definition) is 0. The molecular weight excluding hydrogens is 514 g/mol. The van der Waals surface area contributed by atoms with Crippen LogP contribution >= 0.6 is 0 Å². The fourth-order valence-corrected chi connectivity index (χ4v) is 6.42. The third kappa shape index (κ3) is 3.12. The van der Waals surface area contributed by atoms with E-state index < -0.39 is 0 Å². The Morgan fingerprint density at radius 1 is 0.714 bits per heavy atom. The number of nitrogens with zero attached hydrogens (tertiary/aromatic N) is 1. The molecule has 0 bridgehead atoms. The average Bonchev–Trinajstić information content (AvgIpc) is 3.61. The van der Waals surface area contributed by atoms with Crippen LogP contribution in [0.15, 0.2) is 42.5 Å². The lowest BCUT2D eigenvalue weighted by Crippen LogP contribution is -3.00. The van der Waals surface area contributed by atoms with Gasteiger partial charge in [-0.1, -0.05) is 6.07 Å². The van der Waals surface area contributed by atoms with Crippen LogP contribution in [0.5, 0.6) is 34.5 Å². The van der Waals surface area contributed by atoms with Gasteiger partial charge in [0, 0.05) is 24.0 Å². The van der Waals surface area contributed by atoms with Crippen LogP contribution in [-0.4, -0.2) is 31.4 Å². The van der Waals surface area contributed by atoms with Crippen molar-refractivity contribution in [1.29, 1.82) is 0 Å². The average molecular weight is 538 g/mol. The smallest absolute Gasteiger partial charge is 0.231 e. The Hall–Kier alpha value is -3.10. The van der Waals surface area contributed by atoms with Crippen molar-refractivity contribution in [2.45, 2.75) is 32.0 Å². The number of hydrogen-bond acceptors (Lipinski definition) is 6.